The van der Waals surface area contributed by atoms with Crippen LogP contribution < -0.4 is 0 Å². The second-order valence-corrected chi connectivity index (χ2v) is 12.9. The first kappa shape index (κ1) is 16.7. The molecule has 126 valence electrons. The van der Waals surface area contributed by atoms with Gasteiger partial charge in [-0.1, -0.05) is 51.1 Å². The number of rotatable bonds is 3. The van der Waals surface area contributed by atoms with Gasteiger partial charge in [-0.2, -0.15) is 0 Å². The number of hydrogen-bond acceptors (Lipinski definition) is 3. The molecule has 2 heterocycles. The van der Waals surface area contributed by atoms with E-state index in [9.17, 15) is 4.79 Å². The Bertz CT molecular complexity index is 582. The van der Waals surface area contributed by atoms with Gasteiger partial charge in [0, 0.05) is 12.0 Å². The van der Waals surface area contributed by atoms with Crippen molar-refractivity contribution in [1.82, 2.24) is 4.90 Å². The van der Waals surface area contributed by atoms with Gasteiger partial charge in [-0.05, 0) is 18.1 Å². The van der Waals surface area contributed by atoms with Gasteiger partial charge in [0.15, 0.2) is 14.5 Å². The third-order valence-electron chi connectivity index (χ3n) is 5.44. The monoisotopic (exact) mass is 333 g/mol. The van der Waals surface area contributed by atoms with E-state index < -0.39 is 8.32 Å². The standard InChI is InChI=1S/C18H27NO3Si/c1-18(2,3)23(4,5)22-15-11-14-12-21-17(19(14)16(15)20)13-9-7-6-8-10-13/h6-10,14-15,17H,11-12H2,1-5H3/t14-,15+,17+/m0/s1. The lowest BCUT2D eigenvalue weighted by Gasteiger charge is -2.38. The van der Waals surface area contributed by atoms with Gasteiger partial charge in [0.25, 0.3) is 5.91 Å². The Morgan fingerprint density at radius 1 is 1.22 bits per heavy atom. The molecule has 2 aliphatic rings. The van der Waals surface area contributed by atoms with E-state index in [2.05, 4.69) is 33.9 Å². The van der Waals surface area contributed by atoms with Gasteiger partial charge in [0.2, 0.25) is 0 Å². The molecule has 2 saturated heterocycles. The van der Waals surface area contributed by atoms with E-state index >= 15 is 0 Å². The van der Waals surface area contributed by atoms with Crippen LogP contribution in [0, 0.1) is 0 Å². The minimum absolute atomic E-state index is 0.0891. The molecule has 0 aromatic heterocycles. The number of amides is 1. The predicted molar refractivity (Wildman–Crippen MR) is 92.5 cm³/mol. The normalized spacial score (nSPS) is 28.3. The summed E-state index contributed by atoms with van der Waals surface area (Å²) in [7, 11) is -1.95. The maximum absolute atomic E-state index is 12.9. The molecule has 2 fully saturated rings. The van der Waals surface area contributed by atoms with Crippen LogP contribution in [-0.4, -0.2) is 37.9 Å². The summed E-state index contributed by atoms with van der Waals surface area (Å²) < 4.78 is 12.3. The highest BCUT2D eigenvalue weighted by Crippen LogP contribution is 2.42. The lowest BCUT2D eigenvalue weighted by Crippen LogP contribution is -2.46. The van der Waals surface area contributed by atoms with Gasteiger partial charge in [-0.15, -0.1) is 0 Å². The largest absolute Gasteiger partial charge is 0.405 e. The molecule has 3 rings (SSSR count). The van der Waals surface area contributed by atoms with Crippen LogP contribution in [0.2, 0.25) is 18.1 Å². The third-order valence-corrected chi connectivity index (χ3v) is 9.92. The Labute approximate surface area is 139 Å². The van der Waals surface area contributed by atoms with E-state index in [4.69, 9.17) is 9.16 Å². The zero-order chi connectivity index (χ0) is 16.8. The quantitative estimate of drug-likeness (QED) is 0.792. The Morgan fingerprint density at radius 2 is 1.87 bits per heavy atom. The molecule has 1 aromatic carbocycles. The number of hydrogen-bond donors (Lipinski definition) is 0. The number of nitrogens with zero attached hydrogens (tertiary/aromatic N) is 1. The molecule has 0 radical (unpaired) electrons. The fourth-order valence-corrected chi connectivity index (χ4v) is 4.31. The minimum Gasteiger partial charge on any atom is -0.405 e. The van der Waals surface area contributed by atoms with Gasteiger partial charge in [-0.25, -0.2) is 0 Å². The van der Waals surface area contributed by atoms with Crippen molar-refractivity contribution in [2.75, 3.05) is 6.61 Å². The van der Waals surface area contributed by atoms with Crippen LogP contribution in [0.1, 0.15) is 39.0 Å². The topological polar surface area (TPSA) is 38.8 Å². The van der Waals surface area contributed by atoms with E-state index in [1.54, 1.807) is 0 Å². The molecule has 0 N–H and O–H groups in total. The first-order valence-corrected chi connectivity index (χ1v) is 11.3. The summed E-state index contributed by atoms with van der Waals surface area (Å²) in [6, 6.07) is 10.1. The maximum atomic E-state index is 12.9. The summed E-state index contributed by atoms with van der Waals surface area (Å²) in [4.78, 5) is 14.8. The Kier molecular flexibility index (Phi) is 4.15. The van der Waals surface area contributed by atoms with E-state index in [1.165, 1.54) is 0 Å². The molecule has 0 aliphatic carbocycles. The minimum atomic E-state index is -1.95. The maximum Gasteiger partial charge on any atom is 0.253 e. The molecule has 2 aliphatic heterocycles. The zero-order valence-electron chi connectivity index (χ0n) is 14.7. The van der Waals surface area contributed by atoms with Gasteiger partial charge < -0.3 is 14.1 Å². The SMILES string of the molecule is CC(C)(C)[Si](C)(C)O[C@@H]1C[C@H]2CO[C@H](c3ccccc3)N2C1=O. The van der Waals surface area contributed by atoms with Crippen molar-refractivity contribution in [3.63, 3.8) is 0 Å². The van der Waals surface area contributed by atoms with E-state index in [0.717, 1.165) is 12.0 Å². The molecule has 23 heavy (non-hydrogen) atoms. The van der Waals surface area contributed by atoms with Crippen LogP contribution in [0.25, 0.3) is 0 Å². The van der Waals surface area contributed by atoms with E-state index in [1.807, 2.05) is 35.2 Å². The van der Waals surface area contributed by atoms with Crippen molar-refractivity contribution in [2.45, 2.75) is 63.7 Å². The van der Waals surface area contributed by atoms with Crippen molar-refractivity contribution >= 4 is 14.2 Å². The van der Waals surface area contributed by atoms with Crippen molar-refractivity contribution < 1.29 is 14.0 Å². The van der Waals surface area contributed by atoms with Gasteiger partial charge >= 0.3 is 0 Å². The number of ether oxygens (including phenoxy) is 1. The molecular formula is C18H27NO3Si. The molecule has 0 spiro atoms. The highest BCUT2D eigenvalue weighted by Gasteiger charge is 2.51. The Morgan fingerprint density at radius 3 is 2.48 bits per heavy atom. The average Bonchev–Trinajstić information content (AvgIpc) is 3.00. The van der Waals surface area contributed by atoms with Crippen LogP contribution in [0.15, 0.2) is 30.3 Å². The molecule has 4 nitrogen and oxygen atoms in total. The van der Waals surface area contributed by atoms with Crippen molar-refractivity contribution in [3.05, 3.63) is 35.9 Å². The third kappa shape index (κ3) is 2.97. The van der Waals surface area contributed by atoms with Gasteiger partial charge in [0.05, 0.1) is 12.6 Å². The van der Waals surface area contributed by atoms with Crippen molar-refractivity contribution in [2.24, 2.45) is 0 Å². The molecule has 0 bridgehead atoms. The summed E-state index contributed by atoms with van der Waals surface area (Å²) in [5.41, 5.74) is 1.04. The second-order valence-electron chi connectivity index (χ2n) is 8.10. The molecule has 0 saturated carbocycles. The fraction of sp³-hybridized carbons (Fsp3) is 0.611. The molecule has 3 atom stereocenters. The lowest BCUT2D eigenvalue weighted by molar-refractivity contribution is -0.140. The molecule has 5 heteroatoms. The average molecular weight is 334 g/mol. The van der Waals surface area contributed by atoms with Crippen molar-refractivity contribution in [1.29, 1.82) is 0 Å². The number of carbonyl (C=O) groups excluding carboxylic acids is 1. The summed E-state index contributed by atoms with van der Waals surface area (Å²) in [6.07, 6.45) is 0.173. The summed E-state index contributed by atoms with van der Waals surface area (Å²) in [5.74, 6) is 0.0891. The van der Waals surface area contributed by atoms with Crippen LogP contribution in [0.5, 0.6) is 0 Å². The number of fused-ring (bicyclic) bond motifs is 1. The van der Waals surface area contributed by atoms with Crippen LogP contribution in [0.4, 0.5) is 0 Å². The molecular weight excluding hydrogens is 306 g/mol. The van der Waals surface area contributed by atoms with Crippen molar-refractivity contribution in [3.8, 4) is 0 Å². The summed E-state index contributed by atoms with van der Waals surface area (Å²) >= 11 is 0. The highest BCUT2D eigenvalue weighted by molar-refractivity contribution is 6.74. The predicted octanol–water partition coefficient (Wildman–Crippen LogP) is 3.71. The van der Waals surface area contributed by atoms with Crippen LogP contribution in [-0.2, 0) is 14.0 Å². The summed E-state index contributed by atoms with van der Waals surface area (Å²) in [5, 5.41) is 0.107. The first-order chi connectivity index (χ1) is 10.7. The molecule has 0 unspecified atom stereocenters. The van der Waals surface area contributed by atoms with Crippen LogP contribution >= 0.6 is 0 Å². The molecule has 1 aromatic rings. The lowest BCUT2D eigenvalue weighted by atomic mass is 10.2. The molecule has 1 amide bonds. The highest BCUT2D eigenvalue weighted by atomic mass is 28.4. The van der Waals surface area contributed by atoms with Gasteiger partial charge in [0.1, 0.15) is 6.10 Å². The number of benzene rings is 1. The summed E-state index contributed by atoms with van der Waals surface area (Å²) in [6.45, 7) is 11.6. The smallest absolute Gasteiger partial charge is 0.253 e. The first-order valence-electron chi connectivity index (χ1n) is 8.37. The van der Waals surface area contributed by atoms with E-state index in [0.29, 0.717) is 6.61 Å². The van der Waals surface area contributed by atoms with Crippen LogP contribution in [0.3, 0.4) is 0 Å². The fourth-order valence-electron chi connectivity index (χ4n) is 3.05. The Balaban J connectivity index is 1.77. The van der Waals surface area contributed by atoms with E-state index in [-0.39, 0.29) is 29.3 Å². The second kappa shape index (κ2) is 5.72. The Hall–Kier alpha value is -1.17. The zero-order valence-corrected chi connectivity index (χ0v) is 15.7. The van der Waals surface area contributed by atoms with Gasteiger partial charge in [-0.3, -0.25) is 4.79 Å². The number of carbonyl (C=O) groups is 1.